The first-order valence-corrected chi connectivity index (χ1v) is 15.2. The molecule has 0 spiro atoms. The highest BCUT2D eigenvalue weighted by Crippen LogP contribution is 2.28. The highest BCUT2D eigenvalue weighted by molar-refractivity contribution is 5.78. The minimum atomic E-state index is -0.0571. The van der Waals surface area contributed by atoms with Crippen molar-refractivity contribution in [2.24, 2.45) is 0 Å². The van der Waals surface area contributed by atoms with Gasteiger partial charge in [-0.3, -0.25) is 10.1 Å². The molecule has 0 aliphatic rings. The molecule has 1 aromatic carbocycles. The molecule has 1 N–H and O–H groups in total. The van der Waals surface area contributed by atoms with Crippen molar-refractivity contribution in [3.63, 3.8) is 0 Å². The molecule has 1 unspecified atom stereocenters. The molecular formula is C33H53IN2O3. The lowest BCUT2D eigenvalue weighted by atomic mass is 10.0. The number of hydrogen-bond donors (Lipinski definition) is 1. The maximum atomic E-state index is 12.7. The van der Waals surface area contributed by atoms with Crippen LogP contribution in [0.4, 0.5) is 0 Å². The normalized spacial score (nSPS) is 11.5. The Hall–Kier alpha value is -1.83. The molecule has 0 saturated heterocycles. The molecule has 0 bridgehead atoms. The summed E-state index contributed by atoms with van der Waals surface area (Å²) in [6.07, 6.45) is 23.9. The summed E-state index contributed by atoms with van der Waals surface area (Å²) in [6.45, 7) is 5.04. The van der Waals surface area contributed by atoms with E-state index in [-0.39, 0.29) is 36.0 Å². The predicted molar refractivity (Wildman–Crippen MR) is 157 cm³/mol. The first-order chi connectivity index (χ1) is 18.7. The number of benzene rings is 1. The van der Waals surface area contributed by atoms with Gasteiger partial charge in [-0.05, 0) is 24.1 Å². The second-order valence-corrected chi connectivity index (χ2v) is 10.4. The number of hydrogen-bond acceptors (Lipinski definition) is 3. The SMILES string of the molecule is CCCCCCCCCCCCCCCCOc1ccc(CC(=O)NC(CC)[n+]2ccccc2)cc1OC.[I-]. The van der Waals surface area contributed by atoms with Crippen molar-refractivity contribution >= 4 is 5.91 Å². The molecule has 0 aliphatic heterocycles. The lowest BCUT2D eigenvalue weighted by molar-refractivity contribution is -0.727. The Morgan fingerprint density at radius 3 is 1.90 bits per heavy atom. The number of halogens is 1. The summed E-state index contributed by atoms with van der Waals surface area (Å²) in [6, 6.07) is 11.7. The fourth-order valence-electron chi connectivity index (χ4n) is 4.85. The third-order valence-electron chi connectivity index (χ3n) is 7.16. The number of aromatic nitrogens is 1. The van der Waals surface area contributed by atoms with E-state index in [1.54, 1.807) is 7.11 Å². The molecule has 2 rings (SSSR count). The smallest absolute Gasteiger partial charge is 0.233 e. The number of pyridine rings is 1. The maximum Gasteiger partial charge on any atom is 0.233 e. The van der Waals surface area contributed by atoms with Gasteiger partial charge in [0.05, 0.1) is 20.1 Å². The topological polar surface area (TPSA) is 51.4 Å². The number of nitrogens with zero attached hydrogens (tertiary/aromatic N) is 1. The number of amides is 1. The molecule has 0 fully saturated rings. The number of rotatable bonds is 22. The monoisotopic (exact) mass is 652 g/mol. The van der Waals surface area contributed by atoms with Crippen molar-refractivity contribution in [3.05, 3.63) is 54.4 Å². The Kier molecular flexibility index (Phi) is 20.7. The zero-order valence-electron chi connectivity index (χ0n) is 24.8. The van der Waals surface area contributed by atoms with Gasteiger partial charge in [0.1, 0.15) is 0 Å². The summed E-state index contributed by atoms with van der Waals surface area (Å²) in [5.41, 5.74) is 0.913. The van der Waals surface area contributed by atoms with E-state index in [1.165, 1.54) is 83.5 Å². The van der Waals surface area contributed by atoms with Crippen LogP contribution in [0.3, 0.4) is 0 Å². The van der Waals surface area contributed by atoms with Crippen LogP contribution in [0.5, 0.6) is 11.5 Å². The lowest BCUT2D eigenvalue weighted by Crippen LogP contribution is -3.00. The second kappa shape index (κ2) is 22.9. The van der Waals surface area contributed by atoms with Gasteiger partial charge in [-0.25, -0.2) is 0 Å². The molecule has 6 heteroatoms. The summed E-state index contributed by atoms with van der Waals surface area (Å²) >= 11 is 0. The highest BCUT2D eigenvalue weighted by atomic mass is 127. The Balaban J connectivity index is 0.00000760. The van der Waals surface area contributed by atoms with E-state index in [4.69, 9.17) is 9.47 Å². The van der Waals surface area contributed by atoms with Crippen LogP contribution in [-0.4, -0.2) is 19.6 Å². The molecule has 0 radical (unpaired) electrons. The van der Waals surface area contributed by atoms with Crippen LogP contribution in [-0.2, 0) is 11.2 Å². The van der Waals surface area contributed by atoms with Crippen molar-refractivity contribution in [3.8, 4) is 11.5 Å². The molecule has 1 aromatic heterocycles. The van der Waals surface area contributed by atoms with E-state index in [0.717, 1.165) is 24.2 Å². The van der Waals surface area contributed by atoms with E-state index < -0.39 is 0 Å². The molecule has 1 heterocycles. The van der Waals surface area contributed by atoms with Gasteiger partial charge in [0.2, 0.25) is 12.1 Å². The van der Waals surface area contributed by atoms with Crippen molar-refractivity contribution in [2.75, 3.05) is 13.7 Å². The Morgan fingerprint density at radius 2 is 1.36 bits per heavy atom. The molecule has 2 aromatic rings. The summed E-state index contributed by atoms with van der Waals surface area (Å²) < 4.78 is 13.6. The third kappa shape index (κ3) is 15.5. The van der Waals surface area contributed by atoms with Gasteiger partial charge in [0, 0.05) is 18.6 Å². The largest absolute Gasteiger partial charge is 1.00 e. The number of carbonyl (C=O) groups is 1. The Morgan fingerprint density at radius 1 is 0.795 bits per heavy atom. The van der Waals surface area contributed by atoms with E-state index in [0.29, 0.717) is 18.8 Å². The molecule has 0 saturated carbocycles. The predicted octanol–water partition coefficient (Wildman–Crippen LogP) is 5.11. The van der Waals surface area contributed by atoms with Crippen LogP contribution in [0.1, 0.15) is 122 Å². The third-order valence-corrected chi connectivity index (χ3v) is 7.16. The van der Waals surface area contributed by atoms with Crippen LogP contribution < -0.4 is 43.3 Å². The summed E-state index contributed by atoms with van der Waals surface area (Å²) in [7, 11) is 1.65. The van der Waals surface area contributed by atoms with E-state index >= 15 is 0 Å². The maximum absolute atomic E-state index is 12.7. The van der Waals surface area contributed by atoms with E-state index in [1.807, 2.05) is 53.4 Å². The molecule has 39 heavy (non-hydrogen) atoms. The van der Waals surface area contributed by atoms with Crippen LogP contribution >= 0.6 is 0 Å². The summed E-state index contributed by atoms with van der Waals surface area (Å²) in [5.74, 6) is 1.43. The fourth-order valence-corrected chi connectivity index (χ4v) is 4.85. The standard InChI is InChI=1S/C33H52N2O3.HI/c1-4-6-7-8-9-10-11-12-13-14-15-16-17-21-26-38-30-23-22-29(27-31(30)37-3)28-33(36)34-32(5-2)35-24-19-18-20-25-35;/h18-20,22-25,27,32H,4-17,21,26,28H2,1-3H3;1H. The highest BCUT2D eigenvalue weighted by Gasteiger charge is 2.18. The van der Waals surface area contributed by atoms with Gasteiger partial charge < -0.3 is 33.5 Å². The molecule has 220 valence electrons. The number of nitrogens with one attached hydrogen (secondary N) is 1. The summed E-state index contributed by atoms with van der Waals surface area (Å²) in [4.78, 5) is 12.7. The molecule has 1 amide bonds. The van der Waals surface area contributed by atoms with E-state index in [9.17, 15) is 4.79 Å². The van der Waals surface area contributed by atoms with Gasteiger partial charge >= 0.3 is 0 Å². The number of methoxy groups -OCH3 is 1. The van der Waals surface area contributed by atoms with Gasteiger partial charge in [0.25, 0.3) is 0 Å². The minimum absolute atomic E-state index is 0. The first-order valence-electron chi connectivity index (χ1n) is 15.2. The summed E-state index contributed by atoms with van der Waals surface area (Å²) in [5, 5.41) is 3.12. The minimum Gasteiger partial charge on any atom is -1.00 e. The van der Waals surface area contributed by atoms with E-state index in [2.05, 4.69) is 19.2 Å². The zero-order valence-corrected chi connectivity index (χ0v) is 26.9. The Labute approximate surface area is 255 Å². The van der Waals surface area contributed by atoms with Crippen LogP contribution in [0.15, 0.2) is 48.8 Å². The Bertz CT molecular complexity index is 879. The van der Waals surface area contributed by atoms with Crippen molar-refractivity contribution in [1.29, 1.82) is 0 Å². The quantitative estimate of drug-likeness (QED) is 0.109. The lowest BCUT2D eigenvalue weighted by Gasteiger charge is -2.14. The molecular weight excluding hydrogens is 599 g/mol. The van der Waals surface area contributed by atoms with Gasteiger partial charge in [0.15, 0.2) is 23.9 Å². The number of unbranched alkanes of at least 4 members (excludes halogenated alkanes) is 13. The van der Waals surface area contributed by atoms with Crippen molar-refractivity contribution in [2.45, 2.75) is 123 Å². The second-order valence-electron chi connectivity index (χ2n) is 10.4. The van der Waals surface area contributed by atoms with Crippen molar-refractivity contribution in [1.82, 2.24) is 5.32 Å². The van der Waals surface area contributed by atoms with Crippen LogP contribution in [0, 0.1) is 0 Å². The van der Waals surface area contributed by atoms with Crippen molar-refractivity contribution < 1.29 is 42.8 Å². The van der Waals surface area contributed by atoms with Gasteiger partial charge in [-0.15, -0.1) is 0 Å². The fraction of sp³-hybridized carbons (Fsp3) is 0.636. The zero-order chi connectivity index (χ0) is 27.3. The van der Waals surface area contributed by atoms with Gasteiger partial charge in [-0.1, -0.05) is 109 Å². The first kappa shape index (κ1) is 35.2. The molecule has 0 aliphatic carbocycles. The average molecular weight is 653 g/mol. The average Bonchev–Trinajstić information content (AvgIpc) is 2.94. The number of carbonyl (C=O) groups excluding carboxylic acids is 1. The van der Waals surface area contributed by atoms with Crippen LogP contribution in [0.25, 0.3) is 0 Å². The van der Waals surface area contributed by atoms with Gasteiger partial charge in [-0.2, -0.15) is 4.57 Å². The molecule has 1 atom stereocenters. The van der Waals surface area contributed by atoms with Crippen LogP contribution in [0.2, 0.25) is 0 Å². The number of ether oxygens (including phenoxy) is 2. The molecule has 5 nitrogen and oxygen atoms in total.